The van der Waals surface area contributed by atoms with Crippen molar-refractivity contribution in [2.24, 2.45) is 11.8 Å². The van der Waals surface area contributed by atoms with Crippen LogP contribution in [0.5, 0.6) is 0 Å². The highest BCUT2D eigenvalue weighted by molar-refractivity contribution is 5.82. The van der Waals surface area contributed by atoms with Crippen molar-refractivity contribution >= 4 is 5.78 Å². The van der Waals surface area contributed by atoms with E-state index >= 15 is 0 Å². The van der Waals surface area contributed by atoms with E-state index in [2.05, 4.69) is 0 Å². The van der Waals surface area contributed by atoms with Gasteiger partial charge in [-0.25, -0.2) is 0 Å². The third kappa shape index (κ3) is 1.80. The lowest BCUT2D eigenvalue weighted by molar-refractivity contribution is -0.123. The first kappa shape index (κ1) is 8.26. The lowest BCUT2D eigenvalue weighted by Crippen LogP contribution is -2.25. The molecule has 0 aromatic heterocycles. The molecular formula is C9H13NO. The molecule has 0 amide bonds. The van der Waals surface area contributed by atoms with E-state index in [1.54, 1.807) is 0 Å². The van der Waals surface area contributed by atoms with E-state index in [1.807, 2.05) is 13.0 Å². The highest BCUT2D eigenvalue weighted by Crippen LogP contribution is 2.33. The average Bonchev–Trinajstić information content (AvgIpc) is 1.84. The Morgan fingerprint density at radius 2 is 2.36 bits per heavy atom. The van der Waals surface area contributed by atoms with Gasteiger partial charge in [-0.2, -0.15) is 5.26 Å². The van der Waals surface area contributed by atoms with Crippen molar-refractivity contribution in [3.05, 3.63) is 0 Å². The summed E-state index contributed by atoms with van der Waals surface area (Å²) in [6, 6.07) is 1.90. The van der Waals surface area contributed by atoms with Crippen molar-refractivity contribution in [2.75, 3.05) is 0 Å². The SMILES string of the molecule is CC(C(=O)CC#N)C1CCC1. The summed E-state index contributed by atoms with van der Waals surface area (Å²) in [7, 11) is 0. The molecule has 0 radical (unpaired) electrons. The maximum Gasteiger partial charge on any atom is 0.149 e. The van der Waals surface area contributed by atoms with Crippen LogP contribution >= 0.6 is 0 Å². The van der Waals surface area contributed by atoms with Crippen LogP contribution in [0.3, 0.4) is 0 Å². The van der Waals surface area contributed by atoms with E-state index in [9.17, 15) is 4.79 Å². The summed E-state index contributed by atoms with van der Waals surface area (Å²) >= 11 is 0. The smallest absolute Gasteiger partial charge is 0.149 e. The Morgan fingerprint density at radius 1 is 1.73 bits per heavy atom. The summed E-state index contributed by atoms with van der Waals surface area (Å²) < 4.78 is 0. The first-order chi connectivity index (χ1) is 5.25. The Labute approximate surface area is 67.2 Å². The molecule has 11 heavy (non-hydrogen) atoms. The normalized spacial score (nSPS) is 20.0. The van der Waals surface area contributed by atoms with Gasteiger partial charge < -0.3 is 0 Å². The maximum atomic E-state index is 11.2. The molecule has 1 aliphatic carbocycles. The van der Waals surface area contributed by atoms with Crippen molar-refractivity contribution in [1.82, 2.24) is 0 Å². The van der Waals surface area contributed by atoms with Gasteiger partial charge in [0, 0.05) is 5.92 Å². The highest BCUT2D eigenvalue weighted by atomic mass is 16.1. The quantitative estimate of drug-likeness (QED) is 0.618. The number of carbonyl (C=O) groups is 1. The van der Waals surface area contributed by atoms with Gasteiger partial charge in [0.25, 0.3) is 0 Å². The summed E-state index contributed by atoms with van der Waals surface area (Å²) in [4.78, 5) is 11.2. The standard InChI is InChI=1S/C9H13NO/c1-7(8-3-2-4-8)9(11)5-6-10/h7-8H,2-5H2,1H3. The van der Waals surface area contributed by atoms with Crippen LogP contribution in [0.4, 0.5) is 0 Å². The number of nitriles is 1. The molecule has 1 saturated carbocycles. The fraction of sp³-hybridized carbons (Fsp3) is 0.778. The molecule has 0 aromatic carbocycles. The van der Waals surface area contributed by atoms with Crippen molar-refractivity contribution in [1.29, 1.82) is 5.26 Å². The van der Waals surface area contributed by atoms with Crippen molar-refractivity contribution in [2.45, 2.75) is 32.6 Å². The summed E-state index contributed by atoms with van der Waals surface area (Å²) in [6.07, 6.45) is 3.71. The van der Waals surface area contributed by atoms with Gasteiger partial charge in [0.15, 0.2) is 0 Å². The van der Waals surface area contributed by atoms with E-state index in [0.29, 0.717) is 5.92 Å². The second kappa shape index (κ2) is 3.52. The molecule has 2 nitrogen and oxygen atoms in total. The second-order valence-corrected chi connectivity index (χ2v) is 3.28. The number of ketones is 1. The van der Waals surface area contributed by atoms with E-state index in [4.69, 9.17) is 5.26 Å². The van der Waals surface area contributed by atoms with Crippen LogP contribution in [0.1, 0.15) is 32.6 Å². The van der Waals surface area contributed by atoms with Crippen LogP contribution in [0, 0.1) is 23.2 Å². The number of rotatable bonds is 3. The first-order valence-electron chi connectivity index (χ1n) is 4.15. The molecule has 0 spiro atoms. The minimum atomic E-state index is 0.0949. The van der Waals surface area contributed by atoms with Gasteiger partial charge >= 0.3 is 0 Å². The summed E-state index contributed by atoms with van der Waals surface area (Å²) in [6.45, 7) is 1.95. The minimum absolute atomic E-state index is 0.0949. The van der Waals surface area contributed by atoms with Crippen LogP contribution < -0.4 is 0 Å². The van der Waals surface area contributed by atoms with E-state index in [0.717, 1.165) is 0 Å². The summed E-state index contributed by atoms with van der Waals surface area (Å²) in [5.41, 5.74) is 0. The minimum Gasteiger partial charge on any atom is -0.298 e. The van der Waals surface area contributed by atoms with Gasteiger partial charge in [-0.3, -0.25) is 4.79 Å². The van der Waals surface area contributed by atoms with Gasteiger partial charge in [-0.15, -0.1) is 0 Å². The molecule has 0 bridgehead atoms. The molecular weight excluding hydrogens is 138 g/mol. The molecule has 1 rings (SSSR count). The Hall–Kier alpha value is -0.840. The molecule has 0 heterocycles. The number of hydrogen-bond acceptors (Lipinski definition) is 2. The molecule has 1 fully saturated rings. The molecule has 0 aliphatic heterocycles. The zero-order chi connectivity index (χ0) is 8.27. The largest absolute Gasteiger partial charge is 0.298 e. The molecule has 1 unspecified atom stereocenters. The Balaban J connectivity index is 2.34. The predicted molar refractivity (Wildman–Crippen MR) is 41.7 cm³/mol. The van der Waals surface area contributed by atoms with Gasteiger partial charge in [0.05, 0.1) is 12.5 Å². The molecule has 60 valence electrons. The molecule has 0 aromatic rings. The number of hydrogen-bond donors (Lipinski definition) is 0. The third-order valence-electron chi connectivity index (χ3n) is 2.62. The maximum absolute atomic E-state index is 11.2. The van der Waals surface area contributed by atoms with Gasteiger partial charge in [-0.1, -0.05) is 13.3 Å². The van der Waals surface area contributed by atoms with Crippen LogP contribution in [0.2, 0.25) is 0 Å². The lowest BCUT2D eigenvalue weighted by Gasteiger charge is -2.29. The Bertz CT molecular complexity index is 188. The third-order valence-corrected chi connectivity index (χ3v) is 2.62. The first-order valence-corrected chi connectivity index (χ1v) is 4.15. The zero-order valence-corrected chi connectivity index (χ0v) is 6.84. The van der Waals surface area contributed by atoms with Crippen LogP contribution in [0.15, 0.2) is 0 Å². The number of carbonyl (C=O) groups excluding carboxylic acids is 1. The van der Waals surface area contributed by atoms with Crippen molar-refractivity contribution in [3.63, 3.8) is 0 Å². The van der Waals surface area contributed by atoms with Gasteiger partial charge in [0.2, 0.25) is 0 Å². The lowest BCUT2D eigenvalue weighted by atomic mass is 9.75. The van der Waals surface area contributed by atoms with Crippen molar-refractivity contribution < 1.29 is 4.79 Å². The monoisotopic (exact) mass is 151 g/mol. The van der Waals surface area contributed by atoms with Gasteiger partial charge in [0.1, 0.15) is 5.78 Å². The van der Waals surface area contributed by atoms with Crippen LogP contribution in [-0.4, -0.2) is 5.78 Å². The second-order valence-electron chi connectivity index (χ2n) is 3.28. The van der Waals surface area contributed by atoms with Crippen LogP contribution in [0.25, 0.3) is 0 Å². The zero-order valence-electron chi connectivity index (χ0n) is 6.84. The average molecular weight is 151 g/mol. The number of Topliss-reactive ketones (excluding diaryl/α,β-unsaturated/α-hetero) is 1. The van der Waals surface area contributed by atoms with Crippen molar-refractivity contribution in [3.8, 4) is 6.07 Å². The molecule has 0 saturated heterocycles. The Kier molecular flexibility index (Phi) is 2.64. The molecule has 2 heteroatoms. The van der Waals surface area contributed by atoms with E-state index < -0.39 is 0 Å². The number of nitrogens with zero attached hydrogens (tertiary/aromatic N) is 1. The van der Waals surface area contributed by atoms with E-state index in [-0.39, 0.29) is 18.1 Å². The predicted octanol–water partition coefficient (Wildman–Crippen LogP) is 1.91. The Morgan fingerprint density at radius 3 is 2.73 bits per heavy atom. The molecule has 1 aliphatic rings. The summed E-state index contributed by atoms with van der Waals surface area (Å²) in [5, 5.41) is 8.29. The topological polar surface area (TPSA) is 40.9 Å². The van der Waals surface area contributed by atoms with Gasteiger partial charge in [-0.05, 0) is 18.8 Å². The fourth-order valence-corrected chi connectivity index (χ4v) is 1.44. The fourth-order valence-electron chi connectivity index (χ4n) is 1.44. The van der Waals surface area contributed by atoms with E-state index in [1.165, 1.54) is 19.3 Å². The highest BCUT2D eigenvalue weighted by Gasteiger charge is 2.28. The molecule has 1 atom stereocenters. The molecule has 0 N–H and O–H groups in total. The van der Waals surface area contributed by atoms with Crippen LogP contribution in [-0.2, 0) is 4.79 Å². The summed E-state index contributed by atoms with van der Waals surface area (Å²) in [5.74, 6) is 0.830.